The minimum atomic E-state index is -3.38. The molecule has 1 saturated heterocycles. The van der Waals surface area contributed by atoms with Gasteiger partial charge in [-0.25, -0.2) is 0 Å². The maximum Gasteiger partial charge on any atom is 0.279 e. The maximum absolute atomic E-state index is 12.2. The largest absolute Gasteiger partial charge is 0.319 e. The van der Waals surface area contributed by atoms with E-state index in [2.05, 4.69) is 10.0 Å². The van der Waals surface area contributed by atoms with Gasteiger partial charge in [0, 0.05) is 24.5 Å². The van der Waals surface area contributed by atoms with E-state index in [0.29, 0.717) is 29.9 Å². The number of hydrogen-bond donors (Lipinski definition) is 2. The molecule has 1 aliphatic rings. The number of thiophene rings is 1. The molecule has 1 fully saturated rings. The van der Waals surface area contributed by atoms with Gasteiger partial charge in [-0.15, -0.1) is 11.3 Å². The first-order valence-corrected chi connectivity index (χ1v) is 9.28. The van der Waals surface area contributed by atoms with Gasteiger partial charge in [-0.3, -0.25) is 0 Å². The van der Waals surface area contributed by atoms with Crippen LogP contribution in [0.2, 0.25) is 4.34 Å². The van der Waals surface area contributed by atoms with Crippen LogP contribution in [0.15, 0.2) is 12.1 Å². The van der Waals surface area contributed by atoms with Gasteiger partial charge in [0.05, 0.1) is 4.34 Å². The van der Waals surface area contributed by atoms with E-state index in [4.69, 9.17) is 11.6 Å². The first kappa shape index (κ1) is 16.2. The molecule has 1 aliphatic heterocycles. The van der Waals surface area contributed by atoms with Crippen molar-refractivity contribution in [2.45, 2.75) is 19.4 Å². The van der Waals surface area contributed by atoms with Crippen molar-refractivity contribution in [1.29, 1.82) is 0 Å². The van der Waals surface area contributed by atoms with Crippen LogP contribution in [-0.4, -0.2) is 39.4 Å². The Kier molecular flexibility index (Phi) is 5.83. The van der Waals surface area contributed by atoms with Crippen molar-refractivity contribution in [3.63, 3.8) is 0 Å². The first-order chi connectivity index (χ1) is 9.51. The highest BCUT2D eigenvalue weighted by atomic mass is 35.5. The first-order valence-electron chi connectivity index (χ1n) is 6.65. The topological polar surface area (TPSA) is 61.4 Å². The minimum Gasteiger partial charge on any atom is -0.319 e. The molecule has 8 heteroatoms. The van der Waals surface area contributed by atoms with Crippen LogP contribution in [0.3, 0.4) is 0 Å². The fraction of sp³-hybridized carbons (Fsp3) is 0.667. The maximum atomic E-state index is 12.2. The lowest BCUT2D eigenvalue weighted by Crippen LogP contribution is -2.45. The van der Waals surface area contributed by atoms with Crippen molar-refractivity contribution in [2.24, 2.45) is 5.92 Å². The molecule has 1 aromatic heterocycles. The molecule has 0 atom stereocenters. The molecule has 20 heavy (non-hydrogen) atoms. The van der Waals surface area contributed by atoms with Gasteiger partial charge in [0.2, 0.25) is 0 Å². The SMILES string of the molecule is CNCC1CCN(S(=O)(=O)NCc2ccc(Cl)s2)CC1. The average Bonchev–Trinajstić information content (AvgIpc) is 2.84. The van der Waals surface area contributed by atoms with Crippen molar-refractivity contribution in [1.82, 2.24) is 14.3 Å². The van der Waals surface area contributed by atoms with Gasteiger partial charge in [0.25, 0.3) is 10.2 Å². The molecule has 0 bridgehead atoms. The van der Waals surface area contributed by atoms with Crippen LogP contribution in [0, 0.1) is 5.92 Å². The van der Waals surface area contributed by atoms with Crippen LogP contribution < -0.4 is 10.0 Å². The number of rotatable bonds is 6. The third-order valence-corrected chi connectivity index (χ3v) is 6.25. The molecule has 2 rings (SSSR count). The Bertz CT molecular complexity index is 525. The summed E-state index contributed by atoms with van der Waals surface area (Å²) in [5.74, 6) is 0.572. The molecular formula is C12H20ClN3O2S2. The third kappa shape index (κ3) is 4.41. The Morgan fingerprint density at radius 3 is 2.65 bits per heavy atom. The van der Waals surface area contributed by atoms with Crippen LogP contribution in [0.25, 0.3) is 0 Å². The Balaban J connectivity index is 1.85. The Labute approximate surface area is 129 Å². The predicted molar refractivity (Wildman–Crippen MR) is 83.3 cm³/mol. The summed E-state index contributed by atoms with van der Waals surface area (Å²) >= 11 is 7.22. The smallest absolute Gasteiger partial charge is 0.279 e. The summed E-state index contributed by atoms with van der Waals surface area (Å²) in [6, 6.07) is 3.62. The highest BCUT2D eigenvalue weighted by molar-refractivity contribution is 7.87. The number of nitrogens with zero attached hydrogens (tertiary/aromatic N) is 1. The van der Waals surface area contributed by atoms with Crippen LogP contribution in [0.5, 0.6) is 0 Å². The van der Waals surface area contributed by atoms with E-state index < -0.39 is 10.2 Å². The summed E-state index contributed by atoms with van der Waals surface area (Å²) in [5, 5.41) is 3.15. The van der Waals surface area contributed by atoms with Gasteiger partial charge in [-0.2, -0.15) is 17.4 Å². The normalized spacial score (nSPS) is 18.5. The Morgan fingerprint density at radius 1 is 1.40 bits per heavy atom. The zero-order chi connectivity index (χ0) is 14.6. The molecule has 0 aromatic carbocycles. The highest BCUT2D eigenvalue weighted by Crippen LogP contribution is 2.22. The number of nitrogens with one attached hydrogen (secondary N) is 2. The summed E-state index contributed by atoms with van der Waals surface area (Å²) in [5.41, 5.74) is 0. The van der Waals surface area contributed by atoms with E-state index in [0.717, 1.165) is 24.3 Å². The summed E-state index contributed by atoms with van der Waals surface area (Å²) < 4.78 is 29.3. The molecule has 2 heterocycles. The van der Waals surface area contributed by atoms with Crippen LogP contribution in [0.1, 0.15) is 17.7 Å². The van der Waals surface area contributed by atoms with E-state index in [9.17, 15) is 8.42 Å². The molecule has 1 aromatic rings. The fourth-order valence-corrected chi connectivity index (χ4v) is 4.67. The number of halogens is 1. The summed E-state index contributed by atoms with van der Waals surface area (Å²) in [6.07, 6.45) is 1.82. The molecule has 0 amide bonds. The number of piperidine rings is 1. The van der Waals surface area contributed by atoms with Crippen molar-refractivity contribution >= 4 is 33.1 Å². The minimum absolute atomic E-state index is 0.302. The second-order valence-corrected chi connectivity index (χ2v) is 8.49. The van der Waals surface area contributed by atoms with E-state index in [1.807, 2.05) is 13.1 Å². The molecule has 0 saturated carbocycles. The lowest BCUT2D eigenvalue weighted by Gasteiger charge is -2.31. The lowest BCUT2D eigenvalue weighted by atomic mass is 9.98. The standard InChI is InChI=1S/C12H20ClN3O2S2/c1-14-8-10-4-6-16(7-5-10)20(17,18)15-9-11-2-3-12(13)19-11/h2-3,10,14-15H,4-9H2,1H3. The monoisotopic (exact) mass is 337 g/mol. The average molecular weight is 338 g/mol. The van der Waals surface area contributed by atoms with E-state index in [1.54, 1.807) is 6.07 Å². The molecule has 0 aliphatic carbocycles. The van der Waals surface area contributed by atoms with Gasteiger partial charge < -0.3 is 5.32 Å². The van der Waals surface area contributed by atoms with Crippen molar-refractivity contribution in [3.8, 4) is 0 Å². The van der Waals surface area contributed by atoms with E-state index in [-0.39, 0.29) is 0 Å². The lowest BCUT2D eigenvalue weighted by molar-refractivity contribution is 0.268. The Hall–Kier alpha value is -0.180. The third-order valence-electron chi connectivity index (χ3n) is 3.46. The summed E-state index contributed by atoms with van der Waals surface area (Å²) in [4.78, 5) is 0.920. The predicted octanol–water partition coefficient (Wildman–Crippen LogP) is 1.67. The summed E-state index contributed by atoms with van der Waals surface area (Å²) in [6.45, 7) is 2.44. The summed E-state index contributed by atoms with van der Waals surface area (Å²) in [7, 11) is -1.46. The quantitative estimate of drug-likeness (QED) is 0.830. The van der Waals surface area contributed by atoms with Crippen molar-refractivity contribution in [2.75, 3.05) is 26.7 Å². The zero-order valence-corrected chi connectivity index (χ0v) is 13.8. The van der Waals surface area contributed by atoms with E-state index in [1.165, 1.54) is 15.6 Å². The van der Waals surface area contributed by atoms with Crippen molar-refractivity contribution in [3.05, 3.63) is 21.3 Å². The highest BCUT2D eigenvalue weighted by Gasteiger charge is 2.27. The van der Waals surface area contributed by atoms with E-state index >= 15 is 0 Å². The van der Waals surface area contributed by atoms with Crippen molar-refractivity contribution < 1.29 is 8.42 Å². The molecule has 0 spiro atoms. The van der Waals surface area contributed by atoms with Gasteiger partial charge in [-0.05, 0) is 44.5 Å². The molecule has 114 valence electrons. The molecule has 5 nitrogen and oxygen atoms in total. The van der Waals surface area contributed by atoms with Crippen LogP contribution in [-0.2, 0) is 16.8 Å². The molecule has 2 N–H and O–H groups in total. The van der Waals surface area contributed by atoms with Gasteiger partial charge >= 0.3 is 0 Å². The molecule has 0 radical (unpaired) electrons. The molecular weight excluding hydrogens is 318 g/mol. The second kappa shape index (κ2) is 7.20. The number of hydrogen-bond acceptors (Lipinski definition) is 4. The van der Waals surface area contributed by atoms with Crippen LogP contribution in [0.4, 0.5) is 0 Å². The van der Waals surface area contributed by atoms with Gasteiger partial charge in [-0.1, -0.05) is 11.6 Å². The van der Waals surface area contributed by atoms with Gasteiger partial charge in [0.15, 0.2) is 0 Å². The molecule has 0 unspecified atom stereocenters. The fourth-order valence-electron chi connectivity index (χ4n) is 2.34. The second-order valence-electron chi connectivity index (χ2n) is 4.93. The van der Waals surface area contributed by atoms with Gasteiger partial charge in [0.1, 0.15) is 0 Å². The van der Waals surface area contributed by atoms with Crippen LogP contribution >= 0.6 is 22.9 Å². The Morgan fingerprint density at radius 2 is 2.10 bits per heavy atom. The zero-order valence-electron chi connectivity index (χ0n) is 11.4.